The second kappa shape index (κ2) is 9.95. The predicted molar refractivity (Wildman–Crippen MR) is 125 cm³/mol. The highest BCUT2D eigenvalue weighted by atomic mass is 32.2. The zero-order valence-electron chi connectivity index (χ0n) is 19.8. The van der Waals surface area contributed by atoms with Crippen molar-refractivity contribution in [3.63, 3.8) is 0 Å². The number of carbonyl (C=O) groups is 2. The molecule has 1 saturated carbocycles. The summed E-state index contributed by atoms with van der Waals surface area (Å²) in [5.74, 6) is -1.31. The first-order valence-corrected chi connectivity index (χ1v) is 13.4. The molecule has 0 bridgehead atoms. The van der Waals surface area contributed by atoms with Crippen molar-refractivity contribution in [3.8, 4) is 6.07 Å². The molecule has 1 aromatic carbocycles. The van der Waals surface area contributed by atoms with Crippen LogP contribution < -0.4 is 4.90 Å². The Morgan fingerprint density at radius 2 is 1.72 bits per heavy atom. The fourth-order valence-corrected chi connectivity index (χ4v) is 6.46. The maximum absolute atomic E-state index is 13.3. The number of nitriles is 1. The summed E-state index contributed by atoms with van der Waals surface area (Å²) in [6, 6.07) is 4.27. The molecule has 0 atom stereocenters. The van der Waals surface area contributed by atoms with Crippen LogP contribution in [0.1, 0.15) is 50.2 Å². The molecule has 4 rings (SSSR count). The number of sulfonamides is 1. The summed E-state index contributed by atoms with van der Waals surface area (Å²) in [4.78, 5) is 28.6. The Bertz CT molecular complexity index is 1240. The second-order valence-corrected chi connectivity index (χ2v) is 11.5. The Kier molecular flexibility index (Phi) is 7.28. The van der Waals surface area contributed by atoms with Crippen LogP contribution in [-0.2, 0) is 25.8 Å². The minimum Gasteiger partial charge on any atom is -0.301 e. The molecule has 2 aliphatic heterocycles. The number of carbonyl (C=O) groups excluding carboxylic acids is 2. The molecule has 3 aliphatic rings. The van der Waals surface area contributed by atoms with Gasteiger partial charge >= 0.3 is 6.18 Å². The van der Waals surface area contributed by atoms with Gasteiger partial charge in [-0.2, -0.15) is 22.7 Å². The zero-order valence-corrected chi connectivity index (χ0v) is 20.7. The molecule has 2 fully saturated rings. The Labute approximate surface area is 208 Å². The Morgan fingerprint density at radius 1 is 1.06 bits per heavy atom. The van der Waals surface area contributed by atoms with Crippen molar-refractivity contribution in [2.75, 3.05) is 37.6 Å². The van der Waals surface area contributed by atoms with Gasteiger partial charge in [0.25, 0.3) is 11.8 Å². The van der Waals surface area contributed by atoms with Gasteiger partial charge in [-0.1, -0.05) is 0 Å². The zero-order chi connectivity index (χ0) is 26.3. The lowest BCUT2D eigenvalue weighted by Crippen LogP contribution is -2.49. The molecule has 0 radical (unpaired) electrons. The summed E-state index contributed by atoms with van der Waals surface area (Å²) < 4.78 is 66.3. The van der Waals surface area contributed by atoms with E-state index >= 15 is 0 Å². The highest BCUT2D eigenvalue weighted by Gasteiger charge is 2.41. The van der Waals surface area contributed by atoms with Crippen LogP contribution in [0.3, 0.4) is 0 Å². The number of halogens is 3. The molecule has 12 heteroatoms. The number of amides is 2. The first-order valence-electron chi connectivity index (χ1n) is 11.9. The van der Waals surface area contributed by atoms with Crippen molar-refractivity contribution < 1.29 is 31.2 Å². The third kappa shape index (κ3) is 5.19. The highest BCUT2D eigenvalue weighted by Crippen LogP contribution is 2.37. The van der Waals surface area contributed by atoms with E-state index in [4.69, 9.17) is 5.26 Å². The second-order valence-electron chi connectivity index (χ2n) is 9.33. The first kappa shape index (κ1) is 26.3. The Balaban J connectivity index is 1.32. The molecule has 1 aromatic rings. The molecule has 1 saturated heterocycles. The SMILES string of the molecule is CC1=C(CCCCN2CCN(S(=O)(=O)C3CC3)CC2)C(=O)N(c2ccc(C#N)c(C(F)(F)F)c2)C1=O. The lowest BCUT2D eigenvalue weighted by Gasteiger charge is -2.34. The number of benzene rings is 1. The number of nitrogens with zero attached hydrogens (tertiary/aromatic N) is 4. The summed E-state index contributed by atoms with van der Waals surface area (Å²) in [6.45, 7) is 4.42. The van der Waals surface area contributed by atoms with Crippen LogP contribution >= 0.6 is 0 Å². The fraction of sp³-hybridized carbons (Fsp3) is 0.542. The van der Waals surface area contributed by atoms with Crippen LogP contribution in [0.25, 0.3) is 0 Å². The number of imide groups is 1. The molecule has 36 heavy (non-hydrogen) atoms. The van der Waals surface area contributed by atoms with Crippen molar-refractivity contribution >= 4 is 27.5 Å². The average Bonchev–Trinajstić information content (AvgIpc) is 3.67. The van der Waals surface area contributed by atoms with Gasteiger partial charge < -0.3 is 4.90 Å². The summed E-state index contributed by atoms with van der Waals surface area (Å²) in [5.41, 5.74) is -1.51. The van der Waals surface area contributed by atoms with Crippen molar-refractivity contribution in [3.05, 3.63) is 40.5 Å². The lowest BCUT2D eigenvalue weighted by molar-refractivity contribution is -0.138. The maximum atomic E-state index is 13.3. The van der Waals surface area contributed by atoms with Crippen molar-refractivity contribution in [1.82, 2.24) is 9.21 Å². The summed E-state index contributed by atoms with van der Waals surface area (Å²) >= 11 is 0. The summed E-state index contributed by atoms with van der Waals surface area (Å²) in [7, 11) is -3.16. The van der Waals surface area contributed by atoms with E-state index in [1.54, 1.807) is 4.31 Å². The van der Waals surface area contributed by atoms with Crippen LogP contribution in [-0.4, -0.2) is 67.4 Å². The van der Waals surface area contributed by atoms with E-state index in [1.807, 2.05) is 0 Å². The molecular formula is C24H27F3N4O4S. The van der Waals surface area contributed by atoms with Gasteiger partial charge in [-0.15, -0.1) is 0 Å². The van der Waals surface area contributed by atoms with Crippen LogP contribution in [0, 0.1) is 11.3 Å². The topological polar surface area (TPSA) is 102 Å². The number of anilines is 1. The van der Waals surface area contributed by atoms with Gasteiger partial charge in [-0.3, -0.25) is 9.59 Å². The lowest BCUT2D eigenvalue weighted by atomic mass is 10.0. The van der Waals surface area contributed by atoms with E-state index in [2.05, 4.69) is 4.90 Å². The molecule has 1 aliphatic carbocycles. The molecule has 0 spiro atoms. The van der Waals surface area contributed by atoms with Crippen molar-refractivity contribution in [2.45, 2.75) is 50.5 Å². The average molecular weight is 525 g/mol. The summed E-state index contributed by atoms with van der Waals surface area (Å²) in [5, 5.41) is 8.76. The molecule has 2 amide bonds. The van der Waals surface area contributed by atoms with E-state index in [0.29, 0.717) is 45.1 Å². The van der Waals surface area contributed by atoms with Gasteiger partial charge in [-0.25, -0.2) is 13.3 Å². The molecular weight excluding hydrogens is 497 g/mol. The van der Waals surface area contributed by atoms with Crippen LogP contribution in [0.15, 0.2) is 29.3 Å². The minimum atomic E-state index is -4.80. The molecule has 0 N–H and O–H groups in total. The van der Waals surface area contributed by atoms with Gasteiger partial charge in [0.2, 0.25) is 10.0 Å². The molecule has 194 valence electrons. The van der Waals surface area contributed by atoms with Crippen molar-refractivity contribution in [1.29, 1.82) is 5.26 Å². The van der Waals surface area contributed by atoms with Gasteiger partial charge in [0.05, 0.1) is 28.1 Å². The third-order valence-electron chi connectivity index (χ3n) is 6.91. The van der Waals surface area contributed by atoms with Crippen LogP contribution in [0.5, 0.6) is 0 Å². The van der Waals surface area contributed by atoms with E-state index in [1.165, 1.54) is 19.1 Å². The van der Waals surface area contributed by atoms with Gasteiger partial charge in [-0.05, 0) is 63.8 Å². The number of hydrogen-bond acceptors (Lipinski definition) is 6. The molecule has 8 nitrogen and oxygen atoms in total. The number of rotatable bonds is 8. The minimum absolute atomic E-state index is 0.205. The number of hydrogen-bond donors (Lipinski definition) is 0. The quantitative estimate of drug-likeness (QED) is 0.383. The molecule has 2 heterocycles. The molecule has 0 unspecified atom stereocenters. The van der Waals surface area contributed by atoms with E-state index in [0.717, 1.165) is 36.8 Å². The van der Waals surface area contributed by atoms with Crippen LogP contribution in [0.4, 0.5) is 18.9 Å². The largest absolute Gasteiger partial charge is 0.417 e. The van der Waals surface area contributed by atoms with Gasteiger partial charge in [0.15, 0.2) is 0 Å². The Hall–Kier alpha value is -2.75. The van der Waals surface area contributed by atoms with E-state index in [9.17, 15) is 31.2 Å². The Morgan fingerprint density at radius 3 is 2.31 bits per heavy atom. The standard InChI is InChI=1S/C24H27F3N4O4S/c1-16-20(4-2-3-9-29-10-12-30(13-11-29)36(34,35)19-7-8-19)23(33)31(22(16)32)18-6-5-17(15-28)21(14-18)24(25,26)27/h5-6,14,19H,2-4,7-13H2,1H3. The maximum Gasteiger partial charge on any atom is 0.417 e. The summed E-state index contributed by atoms with van der Waals surface area (Å²) in [6.07, 6.45) is -1.68. The number of piperazine rings is 1. The number of unbranched alkanes of at least 4 members (excludes halogenated alkanes) is 1. The van der Waals surface area contributed by atoms with Crippen LogP contribution in [0.2, 0.25) is 0 Å². The van der Waals surface area contributed by atoms with Crippen molar-refractivity contribution in [2.24, 2.45) is 0 Å². The normalized spacial score (nSPS) is 20.4. The van der Waals surface area contributed by atoms with E-state index < -0.39 is 39.1 Å². The predicted octanol–water partition coefficient (Wildman–Crippen LogP) is 3.05. The monoisotopic (exact) mass is 524 g/mol. The molecule has 0 aromatic heterocycles. The highest BCUT2D eigenvalue weighted by molar-refractivity contribution is 7.90. The smallest absolute Gasteiger partial charge is 0.301 e. The fourth-order valence-electron chi connectivity index (χ4n) is 4.64. The van der Waals surface area contributed by atoms with Gasteiger partial charge in [0, 0.05) is 37.3 Å². The number of alkyl halides is 3. The third-order valence-corrected chi connectivity index (χ3v) is 9.31. The first-order chi connectivity index (χ1) is 16.9. The van der Waals surface area contributed by atoms with E-state index in [-0.39, 0.29) is 22.1 Å². The van der Waals surface area contributed by atoms with Gasteiger partial charge in [0.1, 0.15) is 0 Å².